The molecule has 118 valence electrons. The summed E-state index contributed by atoms with van der Waals surface area (Å²) in [6.07, 6.45) is 2.70. The number of nitrogens with zero attached hydrogens (tertiary/aromatic N) is 2. The second-order valence-corrected chi connectivity index (χ2v) is 6.65. The second-order valence-electron chi connectivity index (χ2n) is 6.65. The first-order chi connectivity index (χ1) is 9.42. The van der Waals surface area contributed by atoms with Gasteiger partial charge in [-0.25, -0.2) is 0 Å². The predicted molar refractivity (Wildman–Crippen MR) is 81.9 cm³/mol. The third-order valence-electron chi connectivity index (χ3n) is 3.76. The van der Waals surface area contributed by atoms with E-state index in [9.17, 15) is 4.79 Å². The highest BCUT2D eigenvalue weighted by molar-refractivity contribution is 5.37. The number of hydrogen-bond acceptors (Lipinski definition) is 5. The molecule has 0 aromatic heterocycles. The van der Waals surface area contributed by atoms with Crippen molar-refractivity contribution in [3.05, 3.63) is 0 Å². The molecule has 0 unspecified atom stereocenters. The summed E-state index contributed by atoms with van der Waals surface area (Å²) in [5.41, 5.74) is -0.318. The Kier molecular flexibility index (Phi) is 7.48. The van der Waals surface area contributed by atoms with Crippen molar-refractivity contribution in [1.82, 2.24) is 15.1 Å². The number of piperidine rings is 1. The van der Waals surface area contributed by atoms with Crippen LogP contribution in [0.15, 0.2) is 0 Å². The average molecular weight is 285 g/mol. The van der Waals surface area contributed by atoms with E-state index < -0.39 is 0 Å². The molecule has 5 nitrogen and oxygen atoms in total. The van der Waals surface area contributed by atoms with Crippen LogP contribution in [0.1, 0.15) is 33.6 Å². The third-order valence-corrected chi connectivity index (χ3v) is 3.76. The van der Waals surface area contributed by atoms with Gasteiger partial charge in [-0.05, 0) is 53.8 Å². The maximum atomic E-state index is 9.60. The molecule has 2 heterocycles. The Balaban J connectivity index is 0.000000246. The minimum atomic E-state index is -0.318. The van der Waals surface area contributed by atoms with E-state index in [0.717, 1.165) is 6.04 Å². The molecule has 0 atom stereocenters. The highest BCUT2D eigenvalue weighted by Gasteiger charge is 2.23. The summed E-state index contributed by atoms with van der Waals surface area (Å²) in [5.74, 6) is 0. The number of hydrogen-bond donors (Lipinski definition) is 1. The molecule has 2 aliphatic rings. The molecule has 0 spiro atoms. The number of nitrogens with one attached hydrogen (secondary N) is 1. The number of carbonyl (C=O) groups excluding carboxylic acids is 1. The molecule has 2 saturated heterocycles. The zero-order valence-electron chi connectivity index (χ0n) is 13.5. The van der Waals surface area contributed by atoms with Crippen LogP contribution >= 0.6 is 0 Å². The molecule has 2 fully saturated rings. The molecule has 0 amide bonds. The van der Waals surface area contributed by atoms with Crippen molar-refractivity contribution >= 4 is 6.47 Å². The second kappa shape index (κ2) is 8.60. The lowest BCUT2D eigenvalue weighted by Gasteiger charge is -2.39. The molecule has 2 rings (SSSR count). The van der Waals surface area contributed by atoms with Crippen LogP contribution in [0.4, 0.5) is 0 Å². The number of piperazine rings is 1. The summed E-state index contributed by atoms with van der Waals surface area (Å²) in [6.45, 7) is 13.4. The standard InChI is InChI=1S/C10H21N3.C5H10O2/c1-12-6-8-13(9-7-12)10-2-4-11-5-3-10;1-5(2,3)7-4-6/h10-11H,2-9H2,1H3;4H,1-3H3. The third kappa shape index (κ3) is 7.22. The van der Waals surface area contributed by atoms with Crippen LogP contribution in [0.5, 0.6) is 0 Å². The van der Waals surface area contributed by atoms with Crippen LogP contribution < -0.4 is 5.32 Å². The highest BCUT2D eigenvalue weighted by atomic mass is 16.5. The van der Waals surface area contributed by atoms with Crippen molar-refractivity contribution in [3.8, 4) is 0 Å². The van der Waals surface area contributed by atoms with Gasteiger partial charge in [0.1, 0.15) is 5.60 Å². The quantitative estimate of drug-likeness (QED) is 0.765. The minimum absolute atomic E-state index is 0.318. The van der Waals surface area contributed by atoms with Crippen molar-refractivity contribution in [1.29, 1.82) is 0 Å². The molecule has 5 heteroatoms. The number of carbonyl (C=O) groups is 1. The molecule has 0 aliphatic carbocycles. The van der Waals surface area contributed by atoms with Crippen molar-refractivity contribution in [2.45, 2.75) is 45.3 Å². The van der Waals surface area contributed by atoms with Gasteiger partial charge in [0.15, 0.2) is 0 Å². The van der Waals surface area contributed by atoms with E-state index in [2.05, 4.69) is 26.9 Å². The Hall–Kier alpha value is -0.650. The Bertz CT molecular complexity index is 265. The maximum absolute atomic E-state index is 9.60. The SMILES string of the molecule is CC(C)(C)OC=O.CN1CCN(C2CCNCC2)CC1. The average Bonchev–Trinajstić information content (AvgIpc) is 2.40. The number of rotatable bonds is 2. The number of ether oxygens (including phenoxy) is 1. The molecule has 0 aromatic carbocycles. The minimum Gasteiger partial charge on any atom is -0.462 e. The fourth-order valence-corrected chi connectivity index (χ4v) is 2.50. The lowest BCUT2D eigenvalue weighted by Crippen LogP contribution is -2.51. The molecule has 0 aromatic rings. The van der Waals surface area contributed by atoms with Gasteiger partial charge in [0, 0.05) is 32.2 Å². The van der Waals surface area contributed by atoms with E-state index in [1.54, 1.807) is 0 Å². The van der Waals surface area contributed by atoms with E-state index in [0.29, 0.717) is 6.47 Å². The molecule has 1 N–H and O–H groups in total. The van der Waals surface area contributed by atoms with Crippen LogP contribution in [0.3, 0.4) is 0 Å². The molecular formula is C15H31N3O2. The smallest absolute Gasteiger partial charge is 0.293 e. The Morgan fingerprint density at radius 3 is 2.05 bits per heavy atom. The zero-order valence-corrected chi connectivity index (χ0v) is 13.5. The summed E-state index contributed by atoms with van der Waals surface area (Å²) >= 11 is 0. The van der Waals surface area contributed by atoms with E-state index in [-0.39, 0.29) is 5.60 Å². The summed E-state index contributed by atoms with van der Waals surface area (Å²) in [6, 6.07) is 0.870. The fourth-order valence-electron chi connectivity index (χ4n) is 2.50. The molecule has 0 bridgehead atoms. The van der Waals surface area contributed by atoms with Crippen molar-refractivity contribution in [2.75, 3.05) is 46.3 Å². The Labute approximate surface area is 123 Å². The van der Waals surface area contributed by atoms with Gasteiger partial charge in [0.05, 0.1) is 0 Å². The summed E-state index contributed by atoms with van der Waals surface area (Å²) in [7, 11) is 2.22. The van der Waals surface area contributed by atoms with Crippen molar-refractivity contribution in [3.63, 3.8) is 0 Å². The molecular weight excluding hydrogens is 254 g/mol. The van der Waals surface area contributed by atoms with Gasteiger partial charge in [-0.15, -0.1) is 0 Å². The van der Waals surface area contributed by atoms with Gasteiger partial charge < -0.3 is 15.0 Å². The van der Waals surface area contributed by atoms with E-state index in [1.165, 1.54) is 52.1 Å². The number of likely N-dealkylation sites (N-methyl/N-ethyl adjacent to an activating group) is 1. The van der Waals surface area contributed by atoms with E-state index in [1.807, 2.05) is 20.8 Å². The normalized spacial score (nSPS) is 22.8. The van der Waals surface area contributed by atoms with E-state index in [4.69, 9.17) is 0 Å². The van der Waals surface area contributed by atoms with E-state index >= 15 is 0 Å². The van der Waals surface area contributed by atoms with Crippen LogP contribution in [-0.2, 0) is 9.53 Å². The Morgan fingerprint density at radius 1 is 1.10 bits per heavy atom. The fraction of sp³-hybridized carbons (Fsp3) is 0.933. The lowest BCUT2D eigenvalue weighted by molar-refractivity contribution is -0.138. The lowest BCUT2D eigenvalue weighted by atomic mass is 10.0. The molecule has 2 aliphatic heterocycles. The summed E-state index contributed by atoms with van der Waals surface area (Å²) < 4.78 is 4.55. The summed E-state index contributed by atoms with van der Waals surface area (Å²) in [4.78, 5) is 14.7. The van der Waals surface area contributed by atoms with Crippen molar-refractivity contribution < 1.29 is 9.53 Å². The topological polar surface area (TPSA) is 44.8 Å². The van der Waals surface area contributed by atoms with Gasteiger partial charge in [0.2, 0.25) is 0 Å². The highest BCUT2D eigenvalue weighted by Crippen LogP contribution is 2.13. The Morgan fingerprint density at radius 2 is 1.65 bits per heavy atom. The molecule has 20 heavy (non-hydrogen) atoms. The van der Waals surface area contributed by atoms with Gasteiger partial charge in [-0.1, -0.05) is 0 Å². The first-order valence-electron chi connectivity index (χ1n) is 7.67. The largest absolute Gasteiger partial charge is 0.462 e. The summed E-state index contributed by atoms with van der Waals surface area (Å²) in [5, 5.41) is 3.43. The van der Waals surface area contributed by atoms with Gasteiger partial charge in [-0.3, -0.25) is 9.69 Å². The molecule has 0 radical (unpaired) electrons. The van der Waals surface area contributed by atoms with Crippen LogP contribution in [0, 0.1) is 0 Å². The zero-order chi connectivity index (χ0) is 15.0. The first kappa shape index (κ1) is 17.4. The van der Waals surface area contributed by atoms with Gasteiger partial charge >= 0.3 is 0 Å². The van der Waals surface area contributed by atoms with Crippen LogP contribution in [0.25, 0.3) is 0 Å². The molecule has 0 saturated carbocycles. The van der Waals surface area contributed by atoms with Gasteiger partial charge in [0.25, 0.3) is 6.47 Å². The van der Waals surface area contributed by atoms with Crippen molar-refractivity contribution in [2.24, 2.45) is 0 Å². The van der Waals surface area contributed by atoms with Crippen LogP contribution in [0.2, 0.25) is 0 Å². The monoisotopic (exact) mass is 285 g/mol. The predicted octanol–water partition coefficient (Wildman–Crippen LogP) is 0.944. The maximum Gasteiger partial charge on any atom is 0.293 e. The van der Waals surface area contributed by atoms with Crippen LogP contribution in [-0.4, -0.2) is 74.2 Å². The van der Waals surface area contributed by atoms with Gasteiger partial charge in [-0.2, -0.15) is 0 Å². The first-order valence-corrected chi connectivity index (χ1v) is 7.67.